The topological polar surface area (TPSA) is 81.2 Å². The van der Waals surface area contributed by atoms with Gasteiger partial charge in [0.1, 0.15) is 12.7 Å². The van der Waals surface area contributed by atoms with Gasteiger partial charge in [-0.2, -0.15) is 4.73 Å². The number of hydrogen-bond donors (Lipinski definition) is 1. The molecule has 2 rings (SSSR count). The standard InChI is InChI=1S/C15H23N3O4/c1-21-15(14-7-3-6-10-18(14)20)16-22-12-13(19)11-17-8-4-2-5-9-17/h3,6-7,10,13,19H,2,4-5,8-9,11-12H2,1H3/b16-15-. The number of aliphatic hydroxyl groups excluding tert-OH is 1. The first kappa shape index (κ1) is 16.5. The summed E-state index contributed by atoms with van der Waals surface area (Å²) in [5.41, 5.74) is 0.260. The molecule has 7 heteroatoms. The number of nitrogens with zero attached hydrogens (tertiary/aromatic N) is 3. The van der Waals surface area contributed by atoms with Crippen LogP contribution in [0.5, 0.6) is 0 Å². The van der Waals surface area contributed by atoms with Gasteiger partial charge in [0.2, 0.25) is 0 Å². The van der Waals surface area contributed by atoms with E-state index in [4.69, 9.17) is 9.57 Å². The van der Waals surface area contributed by atoms with Crippen LogP contribution in [0.4, 0.5) is 0 Å². The molecule has 2 heterocycles. The number of aromatic nitrogens is 1. The van der Waals surface area contributed by atoms with Gasteiger partial charge in [-0.15, -0.1) is 0 Å². The molecule has 1 aromatic heterocycles. The number of ether oxygens (including phenoxy) is 1. The Morgan fingerprint density at radius 1 is 1.41 bits per heavy atom. The molecule has 1 aromatic rings. The minimum Gasteiger partial charge on any atom is -0.618 e. The van der Waals surface area contributed by atoms with E-state index >= 15 is 0 Å². The number of piperidine rings is 1. The van der Waals surface area contributed by atoms with Crippen molar-refractivity contribution >= 4 is 5.90 Å². The highest BCUT2D eigenvalue weighted by Crippen LogP contribution is 2.09. The second-order valence-electron chi connectivity index (χ2n) is 5.32. The lowest BCUT2D eigenvalue weighted by molar-refractivity contribution is -0.607. The van der Waals surface area contributed by atoms with Gasteiger partial charge in [-0.25, -0.2) is 0 Å². The summed E-state index contributed by atoms with van der Waals surface area (Å²) in [5, 5.41) is 25.4. The second-order valence-corrected chi connectivity index (χ2v) is 5.32. The third-order valence-electron chi connectivity index (χ3n) is 3.57. The fourth-order valence-corrected chi connectivity index (χ4v) is 2.46. The molecule has 0 saturated carbocycles. The van der Waals surface area contributed by atoms with E-state index in [1.54, 1.807) is 18.2 Å². The Hall–Kier alpha value is -1.86. The van der Waals surface area contributed by atoms with Crippen molar-refractivity contribution in [1.29, 1.82) is 0 Å². The van der Waals surface area contributed by atoms with Crippen molar-refractivity contribution in [2.24, 2.45) is 5.16 Å². The maximum atomic E-state index is 11.6. The Morgan fingerprint density at radius 3 is 2.86 bits per heavy atom. The van der Waals surface area contributed by atoms with Crippen LogP contribution in [-0.2, 0) is 9.57 Å². The first-order chi connectivity index (χ1) is 10.7. The van der Waals surface area contributed by atoms with E-state index in [-0.39, 0.29) is 18.2 Å². The van der Waals surface area contributed by atoms with Gasteiger partial charge in [-0.1, -0.05) is 6.42 Å². The molecule has 22 heavy (non-hydrogen) atoms. The van der Waals surface area contributed by atoms with Crippen molar-refractivity contribution in [3.05, 3.63) is 35.3 Å². The van der Waals surface area contributed by atoms with Crippen molar-refractivity contribution in [1.82, 2.24) is 4.90 Å². The van der Waals surface area contributed by atoms with Crippen LogP contribution in [0.2, 0.25) is 0 Å². The molecule has 0 bridgehead atoms. The van der Waals surface area contributed by atoms with E-state index in [1.807, 2.05) is 0 Å². The zero-order chi connectivity index (χ0) is 15.8. The van der Waals surface area contributed by atoms with Crippen LogP contribution in [0.15, 0.2) is 29.6 Å². The van der Waals surface area contributed by atoms with Crippen LogP contribution in [0.1, 0.15) is 25.0 Å². The fraction of sp³-hybridized carbons (Fsp3) is 0.600. The Morgan fingerprint density at radius 2 is 2.18 bits per heavy atom. The fourth-order valence-electron chi connectivity index (χ4n) is 2.46. The summed E-state index contributed by atoms with van der Waals surface area (Å²) in [6.07, 6.45) is 4.36. The normalized spacial score (nSPS) is 18.0. The van der Waals surface area contributed by atoms with E-state index in [0.717, 1.165) is 13.1 Å². The van der Waals surface area contributed by atoms with Gasteiger partial charge in [0.05, 0.1) is 7.11 Å². The largest absolute Gasteiger partial charge is 0.618 e. The highest BCUT2D eigenvalue weighted by molar-refractivity contribution is 5.90. The molecule has 1 aliphatic heterocycles. The van der Waals surface area contributed by atoms with Crippen LogP contribution >= 0.6 is 0 Å². The molecule has 0 spiro atoms. The molecule has 0 aliphatic carbocycles. The quantitative estimate of drug-likeness (QED) is 0.272. The Kier molecular flexibility index (Phi) is 6.42. The molecule has 1 atom stereocenters. The number of oxime groups is 1. The SMILES string of the molecule is CO/C(=N\OCC(O)CN1CCCCC1)c1cccc[n+]1[O-]. The molecule has 7 nitrogen and oxygen atoms in total. The maximum Gasteiger partial charge on any atom is 0.324 e. The number of pyridine rings is 1. The van der Waals surface area contributed by atoms with Crippen molar-refractivity contribution in [2.45, 2.75) is 25.4 Å². The zero-order valence-electron chi connectivity index (χ0n) is 12.9. The van der Waals surface area contributed by atoms with Crippen molar-refractivity contribution in [2.75, 3.05) is 33.4 Å². The number of rotatable bonds is 6. The van der Waals surface area contributed by atoms with Crippen LogP contribution in [0.3, 0.4) is 0 Å². The summed E-state index contributed by atoms with van der Waals surface area (Å²) >= 11 is 0. The van der Waals surface area contributed by atoms with Gasteiger partial charge in [0.15, 0.2) is 6.20 Å². The summed E-state index contributed by atoms with van der Waals surface area (Å²) in [4.78, 5) is 7.36. The Labute approximate surface area is 130 Å². The molecule has 0 amide bonds. The van der Waals surface area contributed by atoms with Gasteiger partial charge in [-0.05, 0) is 37.2 Å². The summed E-state index contributed by atoms with van der Waals surface area (Å²) in [6, 6.07) is 4.92. The maximum absolute atomic E-state index is 11.6. The average Bonchev–Trinajstić information content (AvgIpc) is 2.53. The molecular formula is C15H23N3O4. The van der Waals surface area contributed by atoms with Crippen molar-refractivity contribution in [3.63, 3.8) is 0 Å². The smallest absolute Gasteiger partial charge is 0.324 e. The minimum atomic E-state index is -0.616. The number of hydrogen-bond acceptors (Lipinski definition) is 6. The molecule has 1 unspecified atom stereocenters. The number of methoxy groups -OCH3 is 1. The predicted octanol–water partition coefficient (Wildman–Crippen LogP) is 0.491. The minimum absolute atomic E-state index is 0.0645. The molecule has 122 valence electrons. The lowest BCUT2D eigenvalue weighted by Gasteiger charge is -2.27. The molecule has 1 fully saturated rings. The highest BCUT2D eigenvalue weighted by atomic mass is 16.7. The predicted molar refractivity (Wildman–Crippen MR) is 81.2 cm³/mol. The first-order valence-electron chi connectivity index (χ1n) is 7.53. The van der Waals surface area contributed by atoms with E-state index < -0.39 is 6.10 Å². The van der Waals surface area contributed by atoms with E-state index in [2.05, 4.69) is 10.1 Å². The van der Waals surface area contributed by atoms with Gasteiger partial charge in [0, 0.05) is 18.7 Å². The number of aliphatic hydroxyl groups is 1. The van der Waals surface area contributed by atoms with E-state index in [1.165, 1.54) is 32.6 Å². The molecule has 0 radical (unpaired) electrons. The second kappa shape index (κ2) is 8.55. The highest BCUT2D eigenvalue weighted by Gasteiger charge is 2.17. The molecule has 0 aromatic carbocycles. The molecule has 1 aliphatic rings. The molecular weight excluding hydrogens is 286 g/mol. The van der Waals surface area contributed by atoms with Crippen LogP contribution < -0.4 is 4.73 Å². The van der Waals surface area contributed by atoms with Gasteiger partial charge in [0.25, 0.3) is 5.69 Å². The van der Waals surface area contributed by atoms with Crippen molar-refractivity contribution < 1.29 is 19.4 Å². The summed E-state index contributed by atoms with van der Waals surface area (Å²) in [6.45, 7) is 2.67. The molecule has 1 N–H and O–H groups in total. The average molecular weight is 309 g/mol. The number of β-amino-alcohol motifs (C(OH)–C–C–N with tert-alkyl or cyclic N) is 1. The third-order valence-corrected chi connectivity index (χ3v) is 3.57. The van der Waals surface area contributed by atoms with Crippen LogP contribution in [-0.4, -0.2) is 55.4 Å². The first-order valence-corrected chi connectivity index (χ1v) is 7.53. The third kappa shape index (κ3) is 4.85. The van der Waals surface area contributed by atoms with Crippen LogP contribution in [0, 0.1) is 5.21 Å². The van der Waals surface area contributed by atoms with E-state index in [0.29, 0.717) is 11.3 Å². The van der Waals surface area contributed by atoms with Gasteiger partial charge in [-0.3, -0.25) is 0 Å². The summed E-state index contributed by atoms with van der Waals surface area (Å²) in [5.74, 6) is 0.0840. The van der Waals surface area contributed by atoms with Crippen molar-refractivity contribution in [3.8, 4) is 0 Å². The summed E-state index contributed by atoms with van der Waals surface area (Å²) < 4.78 is 5.71. The zero-order valence-corrected chi connectivity index (χ0v) is 12.9. The molecule has 1 saturated heterocycles. The summed E-state index contributed by atoms with van der Waals surface area (Å²) in [7, 11) is 1.42. The Bertz CT molecular complexity index is 489. The van der Waals surface area contributed by atoms with E-state index in [9.17, 15) is 10.3 Å². The van der Waals surface area contributed by atoms with Gasteiger partial charge < -0.3 is 24.8 Å². The monoisotopic (exact) mass is 309 g/mol. The number of likely N-dealkylation sites (tertiary alicyclic amines) is 1. The van der Waals surface area contributed by atoms with Gasteiger partial charge >= 0.3 is 5.90 Å². The lowest BCUT2D eigenvalue weighted by Crippen LogP contribution is -2.38. The lowest BCUT2D eigenvalue weighted by atomic mass is 10.1. The van der Waals surface area contributed by atoms with Crippen LogP contribution in [0.25, 0.3) is 0 Å². The Balaban J connectivity index is 1.83.